The minimum absolute atomic E-state index is 0.417. The van der Waals surface area contributed by atoms with Crippen LogP contribution in [0.3, 0.4) is 0 Å². The van der Waals surface area contributed by atoms with E-state index in [9.17, 15) is 4.79 Å². The van der Waals surface area contributed by atoms with E-state index in [2.05, 4.69) is 0 Å². The van der Waals surface area contributed by atoms with Crippen LogP contribution in [0.5, 0.6) is 5.75 Å². The molecule has 5 rings (SSSR count). The molecule has 0 aliphatic rings. The molecule has 0 radical (unpaired) electrons. The number of furan rings is 1. The third-order valence-corrected chi connectivity index (χ3v) is 5.52. The second-order valence-electron chi connectivity index (χ2n) is 7.67. The lowest BCUT2D eigenvalue weighted by atomic mass is 10.0. The summed E-state index contributed by atoms with van der Waals surface area (Å²) >= 11 is 0. The van der Waals surface area contributed by atoms with Crippen LogP contribution >= 0.6 is 0 Å². The zero-order valence-corrected chi connectivity index (χ0v) is 18.6. The summed E-state index contributed by atoms with van der Waals surface area (Å²) in [6.07, 6.45) is 1.85. The fourth-order valence-electron chi connectivity index (χ4n) is 3.89. The molecule has 4 nitrogen and oxygen atoms in total. The fourth-order valence-corrected chi connectivity index (χ4v) is 3.89. The average molecular weight is 447 g/mol. The van der Waals surface area contributed by atoms with Gasteiger partial charge in [0.2, 0.25) is 0 Å². The van der Waals surface area contributed by atoms with Crippen molar-refractivity contribution in [1.29, 1.82) is 0 Å². The minimum Gasteiger partial charge on any atom is -0.496 e. The van der Waals surface area contributed by atoms with Crippen molar-refractivity contribution < 1.29 is 18.7 Å². The van der Waals surface area contributed by atoms with E-state index in [0.717, 1.165) is 22.1 Å². The predicted octanol–water partition coefficient (Wildman–Crippen LogP) is 7.46. The van der Waals surface area contributed by atoms with Gasteiger partial charge in [-0.25, -0.2) is 4.79 Å². The molecule has 0 aliphatic heterocycles. The summed E-state index contributed by atoms with van der Waals surface area (Å²) in [6, 6.07) is 34.0. The zero-order valence-electron chi connectivity index (χ0n) is 18.6. The first kappa shape index (κ1) is 21.3. The Labute approximate surface area is 197 Å². The van der Waals surface area contributed by atoms with Crippen LogP contribution in [0.1, 0.15) is 21.5 Å². The average Bonchev–Trinajstić information content (AvgIpc) is 3.28. The van der Waals surface area contributed by atoms with E-state index >= 15 is 0 Å². The highest BCUT2D eigenvalue weighted by Crippen LogP contribution is 2.40. The first-order chi connectivity index (χ1) is 16.7. The van der Waals surface area contributed by atoms with Crippen molar-refractivity contribution in [3.63, 3.8) is 0 Å². The molecule has 1 aromatic heterocycles. The summed E-state index contributed by atoms with van der Waals surface area (Å²) < 4.78 is 17.9. The molecule has 4 heteroatoms. The number of rotatable bonds is 6. The third-order valence-electron chi connectivity index (χ3n) is 5.52. The number of benzene rings is 4. The molecule has 0 saturated carbocycles. The van der Waals surface area contributed by atoms with Crippen LogP contribution in [-0.2, 0) is 4.74 Å². The van der Waals surface area contributed by atoms with Crippen molar-refractivity contribution in [3.8, 4) is 17.1 Å². The molecule has 0 saturated heterocycles. The number of hydrogen-bond donors (Lipinski definition) is 0. The van der Waals surface area contributed by atoms with Crippen LogP contribution in [0.15, 0.2) is 114 Å². The van der Waals surface area contributed by atoms with E-state index in [4.69, 9.17) is 13.9 Å². The molecule has 0 aliphatic carbocycles. The van der Waals surface area contributed by atoms with Gasteiger partial charge in [-0.15, -0.1) is 0 Å². The molecule has 34 heavy (non-hydrogen) atoms. The van der Waals surface area contributed by atoms with Crippen molar-refractivity contribution in [2.75, 3.05) is 7.11 Å². The van der Waals surface area contributed by atoms with Crippen LogP contribution in [0.4, 0.5) is 0 Å². The van der Waals surface area contributed by atoms with E-state index < -0.39 is 5.97 Å². The van der Waals surface area contributed by atoms with Crippen molar-refractivity contribution in [1.82, 2.24) is 0 Å². The van der Waals surface area contributed by atoms with E-state index in [1.165, 1.54) is 0 Å². The zero-order chi connectivity index (χ0) is 23.3. The molecular formula is C30H22O4. The summed E-state index contributed by atoms with van der Waals surface area (Å²) in [4.78, 5) is 13.0. The summed E-state index contributed by atoms with van der Waals surface area (Å²) in [5.41, 5.74) is 3.62. The van der Waals surface area contributed by atoms with Gasteiger partial charge in [-0.3, -0.25) is 0 Å². The van der Waals surface area contributed by atoms with Gasteiger partial charge in [-0.1, -0.05) is 84.9 Å². The van der Waals surface area contributed by atoms with Gasteiger partial charge < -0.3 is 13.9 Å². The van der Waals surface area contributed by atoms with Crippen molar-refractivity contribution in [2.45, 2.75) is 0 Å². The largest absolute Gasteiger partial charge is 0.496 e. The van der Waals surface area contributed by atoms with Crippen LogP contribution in [0.25, 0.3) is 34.1 Å². The Balaban J connectivity index is 1.72. The van der Waals surface area contributed by atoms with Gasteiger partial charge in [0.1, 0.15) is 22.9 Å². The van der Waals surface area contributed by atoms with Crippen molar-refractivity contribution in [3.05, 3.63) is 126 Å². The molecule has 1 heterocycles. The number of fused-ring (bicyclic) bond motifs is 1. The summed E-state index contributed by atoms with van der Waals surface area (Å²) in [5.74, 6) is 1.33. The smallest absolute Gasteiger partial charge is 0.343 e. The molecule has 166 valence electrons. The van der Waals surface area contributed by atoms with Gasteiger partial charge in [0.15, 0.2) is 0 Å². The van der Waals surface area contributed by atoms with Gasteiger partial charge in [0, 0.05) is 16.7 Å². The Morgan fingerprint density at radius 1 is 0.735 bits per heavy atom. The molecule has 0 fully saturated rings. The van der Waals surface area contributed by atoms with Gasteiger partial charge in [-0.05, 0) is 30.3 Å². The maximum Gasteiger partial charge on any atom is 0.343 e. The lowest BCUT2D eigenvalue weighted by Crippen LogP contribution is -2.04. The van der Waals surface area contributed by atoms with Crippen molar-refractivity contribution in [2.24, 2.45) is 0 Å². The second kappa shape index (κ2) is 9.51. The topological polar surface area (TPSA) is 48.7 Å². The molecule has 0 unspecified atom stereocenters. The number of methoxy groups -OCH3 is 1. The molecule has 4 aromatic carbocycles. The van der Waals surface area contributed by atoms with Gasteiger partial charge >= 0.3 is 5.97 Å². The number of esters is 1. The summed E-state index contributed by atoms with van der Waals surface area (Å²) in [5, 5.41) is 0.813. The summed E-state index contributed by atoms with van der Waals surface area (Å²) in [7, 11) is 1.63. The van der Waals surface area contributed by atoms with Crippen LogP contribution in [0, 0.1) is 0 Å². The first-order valence-corrected chi connectivity index (χ1v) is 10.9. The Morgan fingerprint density at radius 2 is 1.35 bits per heavy atom. The van der Waals surface area contributed by atoms with Crippen LogP contribution < -0.4 is 4.74 Å². The Kier molecular flexibility index (Phi) is 5.95. The highest BCUT2D eigenvalue weighted by atomic mass is 16.5. The normalized spacial score (nSPS) is 11.4. The van der Waals surface area contributed by atoms with E-state index in [0.29, 0.717) is 28.4 Å². The fraction of sp³-hybridized carbons (Fsp3) is 0.0333. The van der Waals surface area contributed by atoms with Crippen LogP contribution in [0.2, 0.25) is 0 Å². The SMILES string of the molecule is COc1cccc2oc(-c3ccccc3)c(/C=C(\OC(=O)c3ccccc3)c3ccccc3)c12. The maximum absolute atomic E-state index is 13.0. The monoisotopic (exact) mass is 446 g/mol. The first-order valence-electron chi connectivity index (χ1n) is 10.9. The van der Waals surface area contributed by atoms with E-state index in [-0.39, 0.29) is 0 Å². The predicted molar refractivity (Wildman–Crippen MR) is 134 cm³/mol. The number of ether oxygens (including phenoxy) is 2. The van der Waals surface area contributed by atoms with E-state index in [1.807, 2.05) is 103 Å². The number of carbonyl (C=O) groups is 1. The standard InChI is InChI=1S/C30H22O4/c1-32-25-18-11-19-26-28(25)24(29(33-26)22-14-7-3-8-15-22)20-27(21-12-5-2-6-13-21)34-30(31)23-16-9-4-10-17-23/h2-20H,1H3/b27-20-. The molecule has 0 N–H and O–H groups in total. The molecule has 0 bridgehead atoms. The molecule has 0 spiro atoms. The Bertz CT molecular complexity index is 1450. The van der Waals surface area contributed by atoms with Crippen molar-refractivity contribution >= 4 is 28.8 Å². The van der Waals surface area contributed by atoms with Gasteiger partial charge in [-0.2, -0.15) is 0 Å². The molecule has 0 amide bonds. The van der Waals surface area contributed by atoms with Gasteiger partial charge in [0.05, 0.1) is 18.1 Å². The lowest BCUT2D eigenvalue weighted by molar-refractivity contribution is 0.0693. The maximum atomic E-state index is 13.0. The van der Waals surface area contributed by atoms with E-state index in [1.54, 1.807) is 19.2 Å². The van der Waals surface area contributed by atoms with Gasteiger partial charge in [0.25, 0.3) is 0 Å². The molecular weight excluding hydrogens is 424 g/mol. The highest BCUT2D eigenvalue weighted by Gasteiger charge is 2.20. The Hall–Kier alpha value is -4.57. The number of hydrogen-bond acceptors (Lipinski definition) is 4. The quantitative estimate of drug-likeness (QED) is 0.201. The lowest BCUT2D eigenvalue weighted by Gasteiger charge is -2.10. The summed E-state index contributed by atoms with van der Waals surface area (Å²) in [6.45, 7) is 0. The third kappa shape index (κ3) is 4.21. The molecule has 0 atom stereocenters. The second-order valence-corrected chi connectivity index (χ2v) is 7.67. The minimum atomic E-state index is -0.434. The highest BCUT2D eigenvalue weighted by molar-refractivity contribution is 6.03. The Morgan fingerprint density at radius 3 is 2.00 bits per heavy atom. The number of carbonyl (C=O) groups excluding carboxylic acids is 1. The molecule has 5 aromatic rings. The van der Waals surface area contributed by atoms with Crippen LogP contribution in [-0.4, -0.2) is 13.1 Å².